The Morgan fingerprint density at radius 1 is 1.24 bits per heavy atom. The van der Waals surface area contributed by atoms with Gasteiger partial charge in [-0.25, -0.2) is 0 Å². The largest absolute Gasteiger partial charge is 0.361 e. The standard InChI is InChI=1S/C20H24N4O/c1-14-11-15(2)24(22-14)13-18-5-3-4-10-23(18)20(25)17-7-6-16-8-9-21-19(16)12-17/h6-9,11-12,18,21H,3-5,10,13H2,1-2H3/t18-/m0/s1. The number of carbonyl (C=O) groups excluding carboxylic acids is 1. The molecule has 1 saturated heterocycles. The lowest BCUT2D eigenvalue weighted by Gasteiger charge is -2.36. The van der Waals surface area contributed by atoms with Crippen molar-refractivity contribution in [3.63, 3.8) is 0 Å². The molecular formula is C20H24N4O. The SMILES string of the molecule is Cc1cc(C)n(C[C@@H]2CCCCN2C(=O)c2ccc3cc[nH]c3c2)n1. The summed E-state index contributed by atoms with van der Waals surface area (Å²) in [5, 5.41) is 5.71. The first-order valence-electron chi connectivity index (χ1n) is 9.01. The van der Waals surface area contributed by atoms with E-state index in [0.29, 0.717) is 0 Å². The molecule has 1 aliphatic heterocycles. The Kier molecular flexibility index (Phi) is 4.07. The molecular weight excluding hydrogens is 312 g/mol. The molecule has 3 aromatic rings. The molecule has 1 fully saturated rings. The molecule has 0 bridgehead atoms. The highest BCUT2D eigenvalue weighted by Crippen LogP contribution is 2.23. The number of carbonyl (C=O) groups is 1. The van der Waals surface area contributed by atoms with Gasteiger partial charge in [-0.3, -0.25) is 9.48 Å². The number of hydrogen-bond donors (Lipinski definition) is 1. The van der Waals surface area contributed by atoms with Gasteiger partial charge in [0.1, 0.15) is 0 Å². The molecule has 1 amide bonds. The van der Waals surface area contributed by atoms with Gasteiger partial charge in [0.25, 0.3) is 5.91 Å². The van der Waals surface area contributed by atoms with Crippen LogP contribution in [0.2, 0.25) is 0 Å². The summed E-state index contributed by atoms with van der Waals surface area (Å²) in [6.45, 7) is 5.69. The summed E-state index contributed by atoms with van der Waals surface area (Å²) in [5.41, 5.74) is 3.96. The number of rotatable bonds is 3. The van der Waals surface area contributed by atoms with E-state index in [1.807, 2.05) is 47.0 Å². The van der Waals surface area contributed by atoms with Gasteiger partial charge in [-0.2, -0.15) is 5.10 Å². The smallest absolute Gasteiger partial charge is 0.254 e. The van der Waals surface area contributed by atoms with Crippen LogP contribution < -0.4 is 0 Å². The number of aromatic nitrogens is 3. The molecule has 4 rings (SSSR count). The van der Waals surface area contributed by atoms with Crippen molar-refractivity contribution in [2.75, 3.05) is 6.54 Å². The van der Waals surface area contributed by atoms with E-state index in [9.17, 15) is 4.79 Å². The Balaban J connectivity index is 1.59. The summed E-state index contributed by atoms with van der Waals surface area (Å²) in [6.07, 6.45) is 5.19. The average Bonchev–Trinajstić information content (AvgIpc) is 3.20. The summed E-state index contributed by atoms with van der Waals surface area (Å²) in [4.78, 5) is 18.4. The van der Waals surface area contributed by atoms with E-state index >= 15 is 0 Å². The number of nitrogens with one attached hydrogen (secondary N) is 1. The maximum atomic E-state index is 13.1. The van der Waals surface area contributed by atoms with Gasteiger partial charge >= 0.3 is 0 Å². The van der Waals surface area contributed by atoms with E-state index in [1.165, 1.54) is 6.42 Å². The van der Waals surface area contributed by atoms with Crippen LogP contribution in [-0.2, 0) is 6.54 Å². The third-order valence-electron chi connectivity index (χ3n) is 5.18. The highest BCUT2D eigenvalue weighted by Gasteiger charge is 2.28. The Morgan fingerprint density at radius 3 is 2.92 bits per heavy atom. The van der Waals surface area contributed by atoms with Gasteiger partial charge in [0.15, 0.2) is 0 Å². The van der Waals surface area contributed by atoms with Gasteiger partial charge in [0, 0.05) is 29.5 Å². The van der Waals surface area contributed by atoms with Crippen LogP contribution in [0.3, 0.4) is 0 Å². The number of likely N-dealkylation sites (tertiary alicyclic amines) is 1. The lowest BCUT2D eigenvalue weighted by Crippen LogP contribution is -2.46. The van der Waals surface area contributed by atoms with Crippen molar-refractivity contribution in [1.82, 2.24) is 19.7 Å². The van der Waals surface area contributed by atoms with Crippen molar-refractivity contribution in [2.45, 2.75) is 45.7 Å². The predicted molar refractivity (Wildman–Crippen MR) is 98.7 cm³/mol. The summed E-state index contributed by atoms with van der Waals surface area (Å²) in [7, 11) is 0. The van der Waals surface area contributed by atoms with Crippen LogP contribution in [0, 0.1) is 13.8 Å². The molecule has 1 N–H and O–H groups in total. The fourth-order valence-electron chi connectivity index (χ4n) is 3.86. The van der Waals surface area contributed by atoms with Gasteiger partial charge in [-0.05, 0) is 62.8 Å². The third kappa shape index (κ3) is 3.06. The third-order valence-corrected chi connectivity index (χ3v) is 5.18. The Bertz CT molecular complexity index is 907. The van der Waals surface area contributed by atoms with Crippen molar-refractivity contribution >= 4 is 16.8 Å². The molecule has 5 nitrogen and oxygen atoms in total. The van der Waals surface area contributed by atoms with E-state index in [2.05, 4.69) is 23.1 Å². The molecule has 2 aromatic heterocycles. The number of aromatic amines is 1. The highest BCUT2D eigenvalue weighted by atomic mass is 16.2. The maximum Gasteiger partial charge on any atom is 0.254 e. The molecule has 0 unspecified atom stereocenters. The quantitative estimate of drug-likeness (QED) is 0.793. The van der Waals surface area contributed by atoms with E-state index in [4.69, 9.17) is 0 Å². The molecule has 0 spiro atoms. The van der Waals surface area contributed by atoms with Crippen LogP contribution in [0.1, 0.15) is 41.0 Å². The second-order valence-electron chi connectivity index (χ2n) is 7.04. The summed E-state index contributed by atoms with van der Waals surface area (Å²) in [5.74, 6) is 0.128. The zero-order valence-corrected chi connectivity index (χ0v) is 14.8. The fourth-order valence-corrected chi connectivity index (χ4v) is 3.86. The van der Waals surface area contributed by atoms with Crippen molar-refractivity contribution in [3.05, 3.63) is 53.5 Å². The van der Waals surface area contributed by atoms with Crippen molar-refractivity contribution in [1.29, 1.82) is 0 Å². The Labute approximate surface area is 147 Å². The van der Waals surface area contributed by atoms with Crippen LogP contribution in [0.5, 0.6) is 0 Å². The van der Waals surface area contributed by atoms with Gasteiger partial charge in [0.2, 0.25) is 0 Å². The van der Waals surface area contributed by atoms with Crippen molar-refractivity contribution in [2.24, 2.45) is 0 Å². The number of nitrogens with zero attached hydrogens (tertiary/aromatic N) is 3. The first-order chi connectivity index (χ1) is 12.1. The molecule has 0 radical (unpaired) electrons. The van der Waals surface area contributed by atoms with E-state index in [0.717, 1.165) is 53.8 Å². The van der Waals surface area contributed by atoms with Gasteiger partial charge in [-0.1, -0.05) is 6.07 Å². The van der Waals surface area contributed by atoms with Crippen molar-refractivity contribution < 1.29 is 4.79 Å². The zero-order valence-electron chi connectivity index (χ0n) is 14.8. The van der Waals surface area contributed by atoms with Gasteiger partial charge in [-0.15, -0.1) is 0 Å². The number of H-pyrrole nitrogens is 1. The molecule has 0 saturated carbocycles. The normalized spacial score (nSPS) is 18.0. The lowest BCUT2D eigenvalue weighted by molar-refractivity contribution is 0.0583. The Morgan fingerprint density at radius 2 is 2.12 bits per heavy atom. The molecule has 25 heavy (non-hydrogen) atoms. The molecule has 1 atom stereocenters. The van der Waals surface area contributed by atoms with Crippen LogP contribution in [0.25, 0.3) is 10.9 Å². The monoisotopic (exact) mass is 336 g/mol. The Hall–Kier alpha value is -2.56. The molecule has 1 aromatic carbocycles. The van der Waals surface area contributed by atoms with E-state index < -0.39 is 0 Å². The number of benzene rings is 1. The topological polar surface area (TPSA) is 53.9 Å². The maximum absolute atomic E-state index is 13.1. The van der Waals surface area contributed by atoms with Gasteiger partial charge in [0.05, 0.1) is 18.3 Å². The van der Waals surface area contributed by atoms with Gasteiger partial charge < -0.3 is 9.88 Å². The highest BCUT2D eigenvalue weighted by molar-refractivity contribution is 5.98. The molecule has 5 heteroatoms. The number of aryl methyl sites for hydroxylation is 2. The van der Waals surface area contributed by atoms with Crippen LogP contribution in [-0.4, -0.2) is 38.2 Å². The number of hydrogen-bond acceptors (Lipinski definition) is 2. The molecule has 0 aliphatic carbocycles. The number of piperidine rings is 1. The fraction of sp³-hybridized carbons (Fsp3) is 0.400. The number of fused-ring (bicyclic) bond motifs is 1. The summed E-state index contributed by atoms with van der Waals surface area (Å²) < 4.78 is 2.04. The summed E-state index contributed by atoms with van der Waals surface area (Å²) >= 11 is 0. The second kappa shape index (κ2) is 6.39. The molecule has 3 heterocycles. The minimum absolute atomic E-state index is 0.128. The van der Waals surface area contributed by atoms with E-state index in [1.54, 1.807) is 0 Å². The minimum atomic E-state index is 0.128. The van der Waals surface area contributed by atoms with Crippen molar-refractivity contribution in [3.8, 4) is 0 Å². The lowest BCUT2D eigenvalue weighted by atomic mass is 10.0. The zero-order chi connectivity index (χ0) is 17.4. The summed E-state index contributed by atoms with van der Waals surface area (Å²) in [6, 6.07) is 10.2. The first kappa shape index (κ1) is 15.9. The number of amides is 1. The average molecular weight is 336 g/mol. The van der Waals surface area contributed by atoms with E-state index in [-0.39, 0.29) is 11.9 Å². The van der Waals surface area contributed by atoms with Crippen LogP contribution in [0.4, 0.5) is 0 Å². The minimum Gasteiger partial charge on any atom is -0.361 e. The predicted octanol–water partition coefficient (Wildman–Crippen LogP) is 3.68. The first-order valence-corrected chi connectivity index (χ1v) is 9.01. The van der Waals surface area contributed by atoms with Crippen LogP contribution in [0.15, 0.2) is 36.5 Å². The molecule has 130 valence electrons. The molecule has 1 aliphatic rings. The second-order valence-corrected chi connectivity index (χ2v) is 7.04. The van der Waals surface area contributed by atoms with Crippen LogP contribution >= 0.6 is 0 Å².